The summed E-state index contributed by atoms with van der Waals surface area (Å²) in [6, 6.07) is 11.5. The summed E-state index contributed by atoms with van der Waals surface area (Å²) in [5.74, 6) is 0.331. The van der Waals surface area contributed by atoms with Crippen LogP contribution in [0.25, 0.3) is 0 Å². The molecular formula is C22H27N3O2S. The molecule has 1 aromatic carbocycles. The van der Waals surface area contributed by atoms with E-state index in [1.165, 1.54) is 9.78 Å². The first-order valence-corrected chi connectivity index (χ1v) is 10.9. The van der Waals surface area contributed by atoms with Crippen molar-refractivity contribution in [2.45, 2.75) is 38.8 Å². The average Bonchev–Trinajstić information content (AvgIpc) is 3.30. The Morgan fingerprint density at radius 2 is 1.86 bits per heavy atom. The summed E-state index contributed by atoms with van der Waals surface area (Å²) >= 11 is 1.82. The van der Waals surface area contributed by atoms with Crippen LogP contribution in [0.1, 0.15) is 29.7 Å². The third-order valence-electron chi connectivity index (χ3n) is 5.76. The van der Waals surface area contributed by atoms with Crippen molar-refractivity contribution in [1.29, 1.82) is 0 Å². The molecule has 0 unspecified atom stereocenters. The molecule has 0 spiro atoms. The van der Waals surface area contributed by atoms with Gasteiger partial charge in [0.2, 0.25) is 5.91 Å². The van der Waals surface area contributed by atoms with Gasteiger partial charge >= 0.3 is 0 Å². The highest BCUT2D eigenvalue weighted by atomic mass is 32.1. The van der Waals surface area contributed by atoms with E-state index < -0.39 is 6.04 Å². The number of piperidine rings is 1. The number of nitrogens with one attached hydrogen (secondary N) is 1. The van der Waals surface area contributed by atoms with Gasteiger partial charge in [0.1, 0.15) is 0 Å². The van der Waals surface area contributed by atoms with Crippen molar-refractivity contribution in [2.24, 2.45) is 5.92 Å². The van der Waals surface area contributed by atoms with Crippen LogP contribution >= 0.6 is 11.3 Å². The minimum Gasteiger partial charge on any atom is -0.305 e. The molecule has 0 radical (unpaired) electrons. The van der Waals surface area contributed by atoms with Crippen molar-refractivity contribution in [3.63, 3.8) is 0 Å². The number of hydrogen-bond donors (Lipinski definition) is 1. The van der Waals surface area contributed by atoms with Gasteiger partial charge in [0.25, 0.3) is 5.91 Å². The predicted octanol–water partition coefficient (Wildman–Crippen LogP) is 3.19. The summed E-state index contributed by atoms with van der Waals surface area (Å²) in [7, 11) is 0. The van der Waals surface area contributed by atoms with Gasteiger partial charge in [-0.05, 0) is 68.9 Å². The number of carbonyl (C=O) groups excluding carboxylic acids is 2. The standard InChI is InChI=1S/C22H27N3O2S/c1-16-4-6-18(7-5-16)25-21(26)13-20(22(25)27)23-14-17-8-10-24(11-9-17)15-19-3-2-12-28-19/h2-7,12,17,20,23H,8-11,13-15H2,1H3/t20-/m0/s1. The number of thiophene rings is 1. The number of benzene rings is 1. The Morgan fingerprint density at radius 3 is 2.54 bits per heavy atom. The van der Waals surface area contributed by atoms with Crippen LogP contribution in [0.15, 0.2) is 41.8 Å². The van der Waals surface area contributed by atoms with Gasteiger partial charge in [-0.2, -0.15) is 0 Å². The molecule has 5 nitrogen and oxygen atoms in total. The SMILES string of the molecule is Cc1ccc(N2C(=O)C[C@H](NCC3CCN(Cc4cccs4)CC3)C2=O)cc1. The number of carbonyl (C=O) groups is 2. The molecule has 148 valence electrons. The number of amides is 2. The van der Waals surface area contributed by atoms with Gasteiger partial charge in [-0.3, -0.25) is 14.5 Å². The van der Waals surface area contributed by atoms with E-state index in [9.17, 15) is 9.59 Å². The fourth-order valence-electron chi connectivity index (χ4n) is 4.04. The third-order valence-corrected chi connectivity index (χ3v) is 6.62. The Balaban J connectivity index is 1.26. The summed E-state index contributed by atoms with van der Waals surface area (Å²) in [6.07, 6.45) is 2.52. The molecule has 28 heavy (non-hydrogen) atoms. The van der Waals surface area contributed by atoms with Gasteiger partial charge in [0, 0.05) is 11.4 Å². The zero-order valence-corrected chi connectivity index (χ0v) is 17.1. The minimum absolute atomic E-state index is 0.114. The molecule has 2 amide bonds. The number of imide groups is 1. The molecule has 2 fully saturated rings. The van der Waals surface area contributed by atoms with E-state index in [2.05, 4.69) is 27.7 Å². The van der Waals surface area contributed by atoms with Gasteiger partial charge in [-0.1, -0.05) is 23.8 Å². The Morgan fingerprint density at radius 1 is 1.11 bits per heavy atom. The largest absolute Gasteiger partial charge is 0.305 e. The van der Waals surface area contributed by atoms with Gasteiger partial charge in [0.15, 0.2) is 0 Å². The smallest absolute Gasteiger partial charge is 0.251 e. The monoisotopic (exact) mass is 397 g/mol. The van der Waals surface area contributed by atoms with E-state index in [1.54, 1.807) is 0 Å². The summed E-state index contributed by atoms with van der Waals surface area (Å²) < 4.78 is 0. The second kappa shape index (κ2) is 8.55. The summed E-state index contributed by atoms with van der Waals surface area (Å²) in [6.45, 7) is 6.03. The number of anilines is 1. The quantitative estimate of drug-likeness (QED) is 0.761. The topological polar surface area (TPSA) is 52.7 Å². The van der Waals surface area contributed by atoms with Gasteiger partial charge in [0.05, 0.1) is 18.2 Å². The summed E-state index contributed by atoms with van der Waals surface area (Å²) in [5, 5.41) is 5.51. The summed E-state index contributed by atoms with van der Waals surface area (Å²) in [5.41, 5.74) is 1.79. The first kappa shape index (κ1) is 19.3. The van der Waals surface area contributed by atoms with Crippen molar-refractivity contribution in [1.82, 2.24) is 10.2 Å². The highest BCUT2D eigenvalue weighted by Crippen LogP contribution is 2.24. The van der Waals surface area contributed by atoms with Crippen LogP contribution in [0.5, 0.6) is 0 Å². The highest BCUT2D eigenvalue weighted by molar-refractivity contribution is 7.09. The number of rotatable bonds is 6. The normalized spacial score (nSPS) is 21.6. The van der Waals surface area contributed by atoms with Gasteiger partial charge < -0.3 is 5.32 Å². The van der Waals surface area contributed by atoms with Crippen LogP contribution in [0, 0.1) is 12.8 Å². The van der Waals surface area contributed by atoms with Crippen molar-refractivity contribution in [2.75, 3.05) is 24.5 Å². The molecule has 1 aromatic heterocycles. The average molecular weight is 398 g/mol. The van der Waals surface area contributed by atoms with E-state index in [0.717, 1.165) is 44.6 Å². The Kier molecular flexibility index (Phi) is 5.90. The Hall–Kier alpha value is -2.02. The van der Waals surface area contributed by atoms with Crippen LogP contribution in [-0.4, -0.2) is 42.4 Å². The van der Waals surface area contributed by atoms with Crippen LogP contribution in [0.3, 0.4) is 0 Å². The molecule has 6 heteroatoms. The van der Waals surface area contributed by atoms with E-state index in [0.29, 0.717) is 11.6 Å². The van der Waals surface area contributed by atoms with Crippen molar-refractivity contribution >= 4 is 28.8 Å². The molecule has 0 bridgehead atoms. The third kappa shape index (κ3) is 4.35. The lowest BCUT2D eigenvalue weighted by molar-refractivity contribution is -0.121. The number of aryl methyl sites for hydroxylation is 1. The lowest BCUT2D eigenvalue weighted by atomic mass is 9.96. The molecule has 2 aliphatic rings. The molecule has 2 aliphatic heterocycles. The first-order chi connectivity index (χ1) is 13.6. The van der Waals surface area contributed by atoms with Crippen molar-refractivity contribution in [3.05, 3.63) is 52.2 Å². The summed E-state index contributed by atoms with van der Waals surface area (Å²) in [4.78, 5) is 30.4. The second-order valence-corrected chi connectivity index (χ2v) is 8.90. The first-order valence-electron chi connectivity index (χ1n) is 10.0. The number of likely N-dealkylation sites (tertiary alicyclic amines) is 1. The molecule has 3 heterocycles. The molecule has 2 saturated heterocycles. The molecule has 0 saturated carbocycles. The maximum Gasteiger partial charge on any atom is 0.251 e. The second-order valence-electron chi connectivity index (χ2n) is 7.87. The van der Waals surface area contributed by atoms with Crippen LogP contribution in [-0.2, 0) is 16.1 Å². The Bertz CT molecular complexity index is 811. The molecule has 4 rings (SSSR count). The molecule has 1 atom stereocenters. The zero-order chi connectivity index (χ0) is 19.5. The lowest BCUT2D eigenvalue weighted by Crippen LogP contribution is -2.43. The van der Waals surface area contributed by atoms with Crippen LogP contribution < -0.4 is 10.2 Å². The number of hydrogen-bond acceptors (Lipinski definition) is 5. The molecule has 1 N–H and O–H groups in total. The van der Waals surface area contributed by atoms with Crippen LogP contribution in [0.2, 0.25) is 0 Å². The lowest BCUT2D eigenvalue weighted by Gasteiger charge is -2.32. The fraction of sp³-hybridized carbons (Fsp3) is 0.455. The maximum absolute atomic E-state index is 12.7. The Labute approximate surface area is 170 Å². The number of nitrogens with zero attached hydrogens (tertiary/aromatic N) is 2. The van der Waals surface area contributed by atoms with Gasteiger partial charge in [-0.15, -0.1) is 11.3 Å². The van der Waals surface area contributed by atoms with E-state index in [1.807, 2.05) is 42.5 Å². The van der Waals surface area contributed by atoms with Crippen molar-refractivity contribution in [3.8, 4) is 0 Å². The molecular weight excluding hydrogens is 370 g/mol. The highest BCUT2D eigenvalue weighted by Gasteiger charge is 2.39. The van der Waals surface area contributed by atoms with Crippen LogP contribution in [0.4, 0.5) is 5.69 Å². The van der Waals surface area contributed by atoms with Gasteiger partial charge in [-0.25, -0.2) is 4.90 Å². The van der Waals surface area contributed by atoms with E-state index in [-0.39, 0.29) is 18.2 Å². The fourth-order valence-corrected chi connectivity index (χ4v) is 4.78. The molecule has 0 aliphatic carbocycles. The van der Waals surface area contributed by atoms with E-state index >= 15 is 0 Å². The minimum atomic E-state index is -0.391. The predicted molar refractivity (Wildman–Crippen MR) is 112 cm³/mol. The molecule has 2 aromatic rings. The van der Waals surface area contributed by atoms with Crippen molar-refractivity contribution < 1.29 is 9.59 Å². The van der Waals surface area contributed by atoms with E-state index in [4.69, 9.17) is 0 Å². The maximum atomic E-state index is 12.7. The zero-order valence-electron chi connectivity index (χ0n) is 16.3.